The fraction of sp³-hybridized carbons (Fsp3) is 0.727. The fourth-order valence-electron chi connectivity index (χ4n) is 2.24. The van der Waals surface area contributed by atoms with Crippen LogP contribution in [-0.2, 0) is 6.54 Å². The molecule has 0 bridgehead atoms. The van der Waals surface area contributed by atoms with Gasteiger partial charge in [0.05, 0.1) is 5.69 Å². The Morgan fingerprint density at radius 1 is 1.67 bits per heavy atom. The Morgan fingerprint density at radius 2 is 2.53 bits per heavy atom. The van der Waals surface area contributed by atoms with Crippen molar-refractivity contribution in [3.05, 3.63) is 17.8 Å². The molecule has 1 fully saturated rings. The smallest absolute Gasteiger partial charge is 0.181 e. The molecule has 4 heteroatoms. The minimum absolute atomic E-state index is 0.658. The zero-order valence-electron chi connectivity index (χ0n) is 9.49. The Labute approximate surface area is 90.7 Å². The number of rotatable bonds is 4. The molecule has 0 aliphatic carbocycles. The molecule has 15 heavy (non-hydrogen) atoms. The lowest BCUT2D eigenvalue weighted by molar-refractivity contribution is 0.238. The molecule has 0 saturated carbocycles. The van der Waals surface area contributed by atoms with E-state index in [9.17, 15) is 0 Å². The highest BCUT2D eigenvalue weighted by Gasteiger charge is 2.24. The average Bonchev–Trinajstić information content (AvgIpc) is 2.80. The zero-order chi connectivity index (χ0) is 10.7. The number of nitrogens with zero attached hydrogens (tertiary/aromatic N) is 2. The third kappa shape index (κ3) is 2.38. The van der Waals surface area contributed by atoms with Gasteiger partial charge in [-0.15, -0.1) is 0 Å². The second-order valence-electron chi connectivity index (χ2n) is 4.18. The first-order valence-electron chi connectivity index (χ1n) is 5.59. The normalized spacial score (nSPS) is 22.4. The van der Waals surface area contributed by atoms with Gasteiger partial charge in [0.2, 0.25) is 0 Å². The number of oxazole rings is 1. The first-order chi connectivity index (χ1) is 7.31. The predicted octanol–water partition coefficient (Wildman–Crippen LogP) is 1.17. The molecule has 0 radical (unpaired) electrons. The molecule has 1 unspecified atom stereocenters. The van der Waals surface area contributed by atoms with Crippen molar-refractivity contribution in [1.82, 2.24) is 15.2 Å². The zero-order valence-corrected chi connectivity index (χ0v) is 9.49. The van der Waals surface area contributed by atoms with Gasteiger partial charge < -0.3 is 9.73 Å². The van der Waals surface area contributed by atoms with E-state index in [1.165, 1.54) is 25.8 Å². The third-order valence-corrected chi connectivity index (χ3v) is 3.14. The van der Waals surface area contributed by atoms with Crippen LogP contribution >= 0.6 is 0 Å². The second kappa shape index (κ2) is 4.77. The predicted molar refractivity (Wildman–Crippen MR) is 58.6 cm³/mol. The highest BCUT2D eigenvalue weighted by atomic mass is 16.3. The Hall–Kier alpha value is -0.870. The van der Waals surface area contributed by atoms with Gasteiger partial charge in [0, 0.05) is 19.1 Å². The van der Waals surface area contributed by atoms with Crippen LogP contribution in [0.4, 0.5) is 0 Å². The minimum atomic E-state index is 0.658. The van der Waals surface area contributed by atoms with Gasteiger partial charge >= 0.3 is 0 Å². The maximum Gasteiger partial charge on any atom is 0.181 e. The molecule has 1 atom stereocenters. The van der Waals surface area contributed by atoms with Crippen molar-refractivity contribution in [2.75, 3.05) is 20.1 Å². The molecule has 1 aliphatic heterocycles. The number of nitrogens with one attached hydrogen (secondary N) is 1. The summed E-state index contributed by atoms with van der Waals surface area (Å²) in [6.07, 6.45) is 4.12. The maximum atomic E-state index is 5.22. The average molecular weight is 209 g/mol. The molecule has 1 aromatic heterocycles. The molecule has 2 heterocycles. The third-order valence-electron chi connectivity index (χ3n) is 3.14. The van der Waals surface area contributed by atoms with E-state index in [0.717, 1.165) is 24.5 Å². The quantitative estimate of drug-likeness (QED) is 0.808. The Balaban J connectivity index is 1.96. The van der Waals surface area contributed by atoms with Crippen LogP contribution in [0, 0.1) is 6.92 Å². The molecule has 0 amide bonds. The number of aromatic nitrogens is 1. The minimum Gasteiger partial charge on any atom is -0.448 e. The SMILES string of the molecule is CNCC1CCCN1Cc1ncoc1C. The number of hydrogen-bond acceptors (Lipinski definition) is 4. The Morgan fingerprint density at radius 3 is 3.20 bits per heavy atom. The van der Waals surface area contributed by atoms with Crippen LogP contribution < -0.4 is 5.32 Å². The molecular weight excluding hydrogens is 190 g/mol. The topological polar surface area (TPSA) is 41.3 Å². The molecule has 2 rings (SSSR count). The molecule has 1 aromatic rings. The van der Waals surface area contributed by atoms with Gasteiger partial charge in [-0.3, -0.25) is 4.90 Å². The lowest BCUT2D eigenvalue weighted by atomic mass is 10.2. The van der Waals surface area contributed by atoms with E-state index in [1.807, 2.05) is 14.0 Å². The van der Waals surface area contributed by atoms with Crippen molar-refractivity contribution in [2.24, 2.45) is 0 Å². The van der Waals surface area contributed by atoms with Crippen LogP contribution in [0.5, 0.6) is 0 Å². The summed E-state index contributed by atoms with van der Waals surface area (Å²) < 4.78 is 5.22. The van der Waals surface area contributed by atoms with Crippen LogP contribution in [0.1, 0.15) is 24.3 Å². The summed E-state index contributed by atoms with van der Waals surface area (Å²) in [4.78, 5) is 6.73. The van der Waals surface area contributed by atoms with E-state index in [-0.39, 0.29) is 0 Å². The van der Waals surface area contributed by atoms with Gasteiger partial charge in [-0.25, -0.2) is 4.98 Å². The van der Waals surface area contributed by atoms with E-state index >= 15 is 0 Å². The molecule has 1 saturated heterocycles. The summed E-state index contributed by atoms with van der Waals surface area (Å²) in [5.74, 6) is 0.949. The number of aryl methyl sites for hydroxylation is 1. The first kappa shape index (κ1) is 10.6. The number of likely N-dealkylation sites (tertiary alicyclic amines) is 1. The van der Waals surface area contributed by atoms with Crippen molar-refractivity contribution in [3.63, 3.8) is 0 Å². The van der Waals surface area contributed by atoms with Gasteiger partial charge in [-0.2, -0.15) is 0 Å². The van der Waals surface area contributed by atoms with Gasteiger partial charge in [-0.1, -0.05) is 0 Å². The van der Waals surface area contributed by atoms with Crippen LogP contribution in [0.25, 0.3) is 0 Å². The summed E-state index contributed by atoms with van der Waals surface area (Å²) in [6.45, 7) is 5.15. The molecule has 0 spiro atoms. The molecule has 0 aromatic carbocycles. The summed E-state index contributed by atoms with van der Waals surface area (Å²) in [6, 6.07) is 0.658. The van der Waals surface area contributed by atoms with Crippen molar-refractivity contribution >= 4 is 0 Å². The summed E-state index contributed by atoms with van der Waals surface area (Å²) in [7, 11) is 2.01. The molecule has 1 aliphatic rings. The molecule has 4 nitrogen and oxygen atoms in total. The lowest BCUT2D eigenvalue weighted by Crippen LogP contribution is -2.36. The van der Waals surface area contributed by atoms with Crippen LogP contribution in [0.15, 0.2) is 10.8 Å². The van der Waals surface area contributed by atoms with E-state index in [1.54, 1.807) is 0 Å². The van der Waals surface area contributed by atoms with Crippen molar-refractivity contribution in [2.45, 2.75) is 32.4 Å². The maximum absolute atomic E-state index is 5.22. The van der Waals surface area contributed by atoms with Gasteiger partial charge in [0.25, 0.3) is 0 Å². The lowest BCUT2D eigenvalue weighted by Gasteiger charge is -2.23. The van der Waals surface area contributed by atoms with Gasteiger partial charge in [0.1, 0.15) is 5.76 Å². The van der Waals surface area contributed by atoms with Gasteiger partial charge in [-0.05, 0) is 33.4 Å². The van der Waals surface area contributed by atoms with Gasteiger partial charge in [0.15, 0.2) is 6.39 Å². The van der Waals surface area contributed by atoms with Crippen LogP contribution in [0.2, 0.25) is 0 Å². The van der Waals surface area contributed by atoms with E-state index < -0.39 is 0 Å². The number of hydrogen-bond donors (Lipinski definition) is 1. The summed E-state index contributed by atoms with van der Waals surface area (Å²) >= 11 is 0. The van der Waals surface area contributed by atoms with E-state index in [0.29, 0.717) is 6.04 Å². The standard InChI is InChI=1S/C11H19N3O/c1-9-11(13-8-15-9)7-14-5-3-4-10(14)6-12-2/h8,10,12H,3-7H2,1-2H3. The monoisotopic (exact) mass is 209 g/mol. The first-order valence-corrected chi connectivity index (χ1v) is 5.59. The van der Waals surface area contributed by atoms with Crippen molar-refractivity contribution in [1.29, 1.82) is 0 Å². The van der Waals surface area contributed by atoms with Crippen LogP contribution in [-0.4, -0.2) is 36.1 Å². The Bertz CT molecular complexity index is 311. The molecule has 84 valence electrons. The van der Waals surface area contributed by atoms with E-state index in [2.05, 4.69) is 15.2 Å². The second-order valence-corrected chi connectivity index (χ2v) is 4.18. The number of likely N-dealkylation sites (N-methyl/N-ethyl adjacent to an activating group) is 1. The Kier molecular flexibility index (Phi) is 3.38. The van der Waals surface area contributed by atoms with Crippen molar-refractivity contribution < 1.29 is 4.42 Å². The molecular formula is C11H19N3O. The summed E-state index contributed by atoms with van der Waals surface area (Å²) in [5, 5.41) is 3.25. The highest BCUT2D eigenvalue weighted by molar-refractivity contribution is 5.05. The molecule has 1 N–H and O–H groups in total. The van der Waals surface area contributed by atoms with E-state index in [4.69, 9.17) is 4.42 Å². The fourth-order valence-corrected chi connectivity index (χ4v) is 2.24. The largest absolute Gasteiger partial charge is 0.448 e. The summed E-state index contributed by atoms with van der Waals surface area (Å²) in [5.41, 5.74) is 1.08. The van der Waals surface area contributed by atoms with Crippen LogP contribution in [0.3, 0.4) is 0 Å². The highest BCUT2D eigenvalue weighted by Crippen LogP contribution is 2.20. The van der Waals surface area contributed by atoms with Crippen molar-refractivity contribution in [3.8, 4) is 0 Å².